The van der Waals surface area contributed by atoms with Gasteiger partial charge < -0.3 is 10.0 Å². The molecule has 1 amide bonds. The maximum Gasteiger partial charge on any atom is 0.255 e. The van der Waals surface area contributed by atoms with Crippen molar-refractivity contribution >= 4 is 5.91 Å². The number of β-amino-alcohol motifs (C(OH)–C–C–N with tert-alkyl or cyclic N) is 1. The van der Waals surface area contributed by atoms with E-state index >= 15 is 0 Å². The van der Waals surface area contributed by atoms with Crippen molar-refractivity contribution in [2.45, 2.75) is 52.2 Å². The minimum Gasteiger partial charge on any atom is -0.381 e. The summed E-state index contributed by atoms with van der Waals surface area (Å²) in [5, 5.41) is 27.3. The Morgan fingerprint density at radius 3 is 2.76 bits per heavy atom. The number of hydrogen-bond acceptors (Lipinski definition) is 6. The molecule has 8 heteroatoms. The van der Waals surface area contributed by atoms with E-state index in [4.69, 9.17) is 0 Å². The van der Waals surface area contributed by atoms with Crippen molar-refractivity contribution in [2.75, 3.05) is 13.1 Å². The van der Waals surface area contributed by atoms with Crippen LogP contribution in [0.5, 0.6) is 0 Å². The first-order valence-corrected chi connectivity index (χ1v) is 8.61. The fourth-order valence-corrected chi connectivity index (χ4v) is 3.05. The Bertz CT molecular complexity index is 787. The lowest BCUT2D eigenvalue weighted by Crippen LogP contribution is -2.35. The quantitative estimate of drug-likeness (QED) is 0.897. The van der Waals surface area contributed by atoms with E-state index in [2.05, 4.69) is 20.5 Å². The van der Waals surface area contributed by atoms with Crippen LogP contribution in [0.15, 0.2) is 12.3 Å². The zero-order valence-corrected chi connectivity index (χ0v) is 15.1. The molecule has 0 aliphatic carbocycles. The Morgan fingerprint density at radius 1 is 1.36 bits per heavy atom. The van der Waals surface area contributed by atoms with Crippen LogP contribution in [0.2, 0.25) is 0 Å². The largest absolute Gasteiger partial charge is 0.381 e. The normalized spacial score (nSPS) is 20.5. The van der Waals surface area contributed by atoms with Crippen molar-refractivity contribution in [3.63, 3.8) is 0 Å². The van der Waals surface area contributed by atoms with Crippen LogP contribution in [0.25, 0.3) is 0 Å². The summed E-state index contributed by atoms with van der Waals surface area (Å²) in [5.74, 6) is -0.123. The Morgan fingerprint density at radius 2 is 2.12 bits per heavy atom. The number of aliphatic hydroxyl groups is 1. The van der Waals surface area contributed by atoms with Gasteiger partial charge in [0.25, 0.3) is 5.91 Å². The van der Waals surface area contributed by atoms with Crippen LogP contribution in [-0.4, -0.2) is 54.2 Å². The van der Waals surface area contributed by atoms with Crippen LogP contribution < -0.4 is 0 Å². The number of aryl methyl sites for hydroxylation is 2. The van der Waals surface area contributed by atoms with Crippen molar-refractivity contribution in [2.24, 2.45) is 0 Å². The third-order valence-electron chi connectivity index (χ3n) is 4.61. The summed E-state index contributed by atoms with van der Waals surface area (Å²) in [6, 6.07) is 1.93. The van der Waals surface area contributed by atoms with Crippen LogP contribution in [-0.2, 0) is 12.0 Å². The van der Waals surface area contributed by atoms with E-state index in [1.54, 1.807) is 21.8 Å². The van der Waals surface area contributed by atoms with E-state index in [-0.39, 0.29) is 18.5 Å². The van der Waals surface area contributed by atoms with Crippen molar-refractivity contribution in [1.29, 1.82) is 0 Å². The SMILES string of the molecule is CCc1nnc(C)cc1C(=O)N1CC[C@](O)(c2cn(C(C)C)nn2)C1. The van der Waals surface area contributed by atoms with E-state index in [1.165, 1.54) is 0 Å². The number of hydrogen-bond donors (Lipinski definition) is 1. The molecule has 0 unspecified atom stereocenters. The zero-order chi connectivity index (χ0) is 18.2. The summed E-state index contributed by atoms with van der Waals surface area (Å²) in [5.41, 5.74) is 1.29. The third-order valence-corrected chi connectivity index (χ3v) is 4.61. The van der Waals surface area contributed by atoms with Gasteiger partial charge in [0.05, 0.1) is 29.7 Å². The highest BCUT2D eigenvalue weighted by molar-refractivity contribution is 5.95. The maximum atomic E-state index is 12.9. The Balaban J connectivity index is 1.82. The predicted octanol–water partition coefficient (Wildman–Crippen LogP) is 1.25. The minimum absolute atomic E-state index is 0.123. The third kappa shape index (κ3) is 3.26. The fraction of sp³-hybridized carbons (Fsp3) is 0.588. The Hall–Kier alpha value is -2.35. The summed E-state index contributed by atoms with van der Waals surface area (Å²) in [6.07, 6.45) is 2.83. The summed E-state index contributed by atoms with van der Waals surface area (Å²) in [6.45, 7) is 8.42. The summed E-state index contributed by atoms with van der Waals surface area (Å²) < 4.78 is 1.71. The van der Waals surface area contributed by atoms with E-state index in [0.29, 0.717) is 42.0 Å². The van der Waals surface area contributed by atoms with Gasteiger partial charge in [-0.05, 0) is 33.3 Å². The molecule has 1 saturated heterocycles. The smallest absolute Gasteiger partial charge is 0.255 e. The number of carbonyl (C=O) groups is 1. The van der Waals surface area contributed by atoms with Gasteiger partial charge in [-0.1, -0.05) is 12.1 Å². The molecule has 0 aromatic carbocycles. The van der Waals surface area contributed by atoms with Crippen molar-refractivity contribution in [3.05, 3.63) is 34.9 Å². The molecule has 3 rings (SSSR count). The van der Waals surface area contributed by atoms with Crippen molar-refractivity contribution < 1.29 is 9.90 Å². The van der Waals surface area contributed by atoms with Crippen LogP contribution >= 0.6 is 0 Å². The fourth-order valence-electron chi connectivity index (χ4n) is 3.05. The Labute approximate surface area is 146 Å². The number of likely N-dealkylation sites (tertiary alicyclic amines) is 1. The van der Waals surface area contributed by atoms with Crippen LogP contribution in [0, 0.1) is 6.92 Å². The van der Waals surface area contributed by atoms with E-state index < -0.39 is 5.60 Å². The molecule has 0 spiro atoms. The summed E-state index contributed by atoms with van der Waals surface area (Å²) in [4.78, 5) is 14.6. The van der Waals surface area contributed by atoms with Crippen LogP contribution in [0.3, 0.4) is 0 Å². The number of rotatable bonds is 4. The van der Waals surface area contributed by atoms with Crippen molar-refractivity contribution in [3.8, 4) is 0 Å². The highest BCUT2D eigenvalue weighted by atomic mass is 16.3. The molecule has 8 nitrogen and oxygen atoms in total. The maximum absolute atomic E-state index is 12.9. The lowest BCUT2D eigenvalue weighted by molar-refractivity contribution is 0.0381. The molecule has 25 heavy (non-hydrogen) atoms. The van der Waals surface area contributed by atoms with Crippen LogP contribution in [0.4, 0.5) is 0 Å². The number of aromatic nitrogens is 5. The molecule has 2 aromatic heterocycles. The highest BCUT2D eigenvalue weighted by Crippen LogP contribution is 2.32. The molecule has 2 aromatic rings. The zero-order valence-electron chi connectivity index (χ0n) is 15.1. The predicted molar refractivity (Wildman–Crippen MR) is 91.0 cm³/mol. The van der Waals surface area contributed by atoms with Gasteiger partial charge >= 0.3 is 0 Å². The van der Waals surface area contributed by atoms with Gasteiger partial charge in [0.15, 0.2) is 0 Å². The molecule has 1 fully saturated rings. The second-order valence-corrected chi connectivity index (χ2v) is 6.89. The first kappa shape index (κ1) is 17.5. The summed E-state index contributed by atoms with van der Waals surface area (Å²) >= 11 is 0. The monoisotopic (exact) mass is 344 g/mol. The molecule has 1 aliphatic rings. The van der Waals surface area contributed by atoms with Gasteiger partial charge in [0, 0.05) is 19.0 Å². The average Bonchev–Trinajstić information content (AvgIpc) is 3.22. The molecule has 134 valence electrons. The topological polar surface area (TPSA) is 97.0 Å². The van der Waals surface area contributed by atoms with Crippen LogP contribution in [0.1, 0.15) is 60.7 Å². The molecular formula is C17H24N6O2. The molecule has 0 radical (unpaired) electrons. The minimum atomic E-state index is -1.16. The second kappa shape index (κ2) is 6.51. The number of amides is 1. The first-order valence-electron chi connectivity index (χ1n) is 8.61. The van der Waals surface area contributed by atoms with E-state index in [0.717, 1.165) is 0 Å². The molecule has 3 heterocycles. The van der Waals surface area contributed by atoms with Gasteiger partial charge in [0.2, 0.25) is 0 Å². The number of carbonyl (C=O) groups excluding carboxylic acids is 1. The lowest BCUT2D eigenvalue weighted by Gasteiger charge is -2.21. The standard InChI is InChI=1S/C17H24N6O2/c1-5-14-13(8-12(4)18-19-14)16(24)22-7-6-17(25,10-22)15-9-23(11(2)3)21-20-15/h8-9,11,25H,5-7,10H2,1-4H3/t17-/m1/s1. The molecule has 0 bridgehead atoms. The second-order valence-electron chi connectivity index (χ2n) is 6.89. The molecule has 0 saturated carbocycles. The Kier molecular flexibility index (Phi) is 4.55. The molecular weight excluding hydrogens is 320 g/mol. The van der Waals surface area contributed by atoms with Crippen molar-refractivity contribution in [1.82, 2.24) is 30.1 Å². The van der Waals surface area contributed by atoms with Gasteiger partial charge in [-0.2, -0.15) is 10.2 Å². The van der Waals surface area contributed by atoms with E-state index in [1.807, 2.05) is 27.7 Å². The highest BCUT2D eigenvalue weighted by Gasteiger charge is 2.42. The molecule has 1 atom stereocenters. The van der Waals surface area contributed by atoms with Gasteiger partial charge in [0.1, 0.15) is 11.3 Å². The molecule has 1 aliphatic heterocycles. The summed E-state index contributed by atoms with van der Waals surface area (Å²) in [7, 11) is 0. The van der Waals surface area contributed by atoms with Gasteiger partial charge in [-0.15, -0.1) is 5.10 Å². The first-order chi connectivity index (χ1) is 11.8. The van der Waals surface area contributed by atoms with Gasteiger partial charge in [-0.25, -0.2) is 4.68 Å². The molecule has 1 N–H and O–H groups in total. The number of nitrogens with zero attached hydrogens (tertiary/aromatic N) is 6. The van der Waals surface area contributed by atoms with E-state index in [9.17, 15) is 9.90 Å². The van der Waals surface area contributed by atoms with Gasteiger partial charge in [-0.3, -0.25) is 4.79 Å². The average molecular weight is 344 g/mol. The lowest BCUT2D eigenvalue weighted by atomic mass is 10.00.